The van der Waals surface area contributed by atoms with Gasteiger partial charge in [-0.3, -0.25) is 0 Å². The summed E-state index contributed by atoms with van der Waals surface area (Å²) in [6, 6.07) is 6.30. The first-order valence-electron chi connectivity index (χ1n) is 7.17. The number of benzene rings is 1. The molecule has 5 heteroatoms. The quantitative estimate of drug-likeness (QED) is 0.814. The number of anilines is 2. The maximum Gasteiger partial charge on any atom is 0.140 e. The van der Waals surface area contributed by atoms with Gasteiger partial charge < -0.3 is 15.7 Å². The lowest BCUT2D eigenvalue weighted by Crippen LogP contribution is -2.41. The molecule has 1 aromatic heterocycles. The Hall–Kier alpha value is -1.88. The van der Waals surface area contributed by atoms with E-state index < -0.39 is 0 Å². The lowest BCUT2D eigenvalue weighted by atomic mass is 9.91. The number of nitrogen functional groups attached to an aromatic ring is 1. The number of rotatable bonds is 5. The molecule has 5 nitrogen and oxygen atoms in total. The fraction of sp³-hybridized carbons (Fsp3) is 0.467. The molecule has 1 aliphatic rings. The molecule has 0 spiro atoms. The predicted octanol–water partition coefficient (Wildman–Crippen LogP) is 1.95. The molecule has 3 rings (SSSR count). The number of aliphatic hydroxyl groups is 1. The maximum atomic E-state index is 9.11. The van der Waals surface area contributed by atoms with Crippen LogP contribution in [0.15, 0.2) is 24.5 Å². The molecule has 0 saturated heterocycles. The minimum atomic E-state index is 0.208. The van der Waals surface area contributed by atoms with E-state index in [1.807, 2.05) is 18.2 Å². The van der Waals surface area contributed by atoms with E-state index in [9.17, 15) is 0 Å². The van der Waals surface area contributed by atoms with Gasteiger partial charge in [0, 0.05) is 30.3 Å². The van der Waals surface area contributed by atoms with Crippen LogP contribution in [-0.2, 0) is 0 Å². The first-order valence-corrected chi connectivity index (χ1v) is 7.17. The Kier molecular flexibility index (Phi) is 3.69. The van der Waals surface area contributed by atoms with Gasteiger partial charge in [0.05, 0.1) is 5.52 Å². The summed E-state index contributed by atoms with van der Waals surface area (Å²) in [7, 11) is 0. The van der Waals surface area contributed by atoms with Gasteiger partial charge >= 0.3 is 0 Å². The summed E-state index contributed by atoms with van der Waals surface area (Å²) in [6.45, 7) is 1.04. The Balaban J connectivity index is 2.00. The summed E-state index contributed by atoms with van der Waals surface area (Å²) in [4.78, 5) is 11.1. The minimum Gasteiger partial charge on any atom is -0.399 e. The maximum absolute atomic E-state index is 9.11. The number of nitrogens with two attached hydrogens (primary N) is 1. The van der Waals surface area contributed by atoms with Gasteiger partial charge in [0.15, 0.2) is 0 Å². The highest BCUT2D eigenvalue weighted by atomic mass is 16.3. The van der Waals surface area contributed by atoms with E-state index in [-0.39, 0.29) is 6.61 Å². The van der Waals surface area contributed by atoms with Crippen LogP contribution in [0.4, 0.5) is 11.5 Å². The molecule has 0 radical (unpaired) electrons. The van der Waals surface area contributed by atoms with Crippen molar-refractivity contribution in [3.8, 4) is 0 Å². The van der Waals surface area contributed by atoms with Crippen LogP contribution < -0.4 is 10.6 Å². The van der Waals surface area contributed by atoms with Gasteiger partial charge in [-0.25, -0.2) is 9.97 Å². The van der Waals surface area contributed by atoms with Crippen molar-refractivity contribution in [2.24, 2.45) is 0 Å². The molecule has 20 heavy (non-hydrogen) atoms. The standard InChI is InChI=1S/C15H20N4O/c16-11-5-6-13-14(9-11)17-10-18-15(13)19(7-2-8-20)12-3-1-4-12/h5-6,9-10,12,20H,1-4,7-8,16H2. The molecule has 0 amide bonds. The van der Waals surface area contributed by atoms with E-state index >= 15 is 0 Å². The van der Waals surface area contributed by atoms with Crippen molar-refractivity contribution in [2.45, 2.75) is 31.7 Å². The Morgan fingerprint density at radius 2 is 2.15 bits per heavy atom. The SMILES string of the molecule is Nc1ccc2c(N(CCCO)C3CCC3)ncnc2c1. The molecule has 1 aliphatic carbocycles. The minimum absolute atomic E-state index is 0.208. The average molecular weight is 272 g/mol. The number of nitrogens with zero attached hydrogens (tertiary/aromatic N) is 3. The molecular weight excluding hydrogens is 252 g/mol. The van der Waals surface area contributed by atoms with Crippen molar-refractivity contribution in [2.75, 3.05) is 23.8 Å². The van der Waals surface area contributed by atoms with Gasteiger partial charge in [0.1, 0.15) is 12.1 Å². The zero-order chi connectivity index (χ0) is 13.9. The third-order valence-corrected chi connectivity index (χ3v) is 3.98. The third kappa shape index (κ3) is 2.41. The highest BCUT2D eigenvalue weighted by molar-refractivity contribution is 5.91. The monoisotopic (exact) mass is 272 g/mol. The Labute approximate surface area is 118 Å². The highest BCUT2D eigenvalue weighted by Gasteiger charge is 2.26. The molecule has 1 fully saturated rings. The zero-order valence-electron chi connectivity index (χ0n) is 11.5. The van der Waals surface area contributed by atoms with Crippen LogP contribution in [0, 0.1) is 0 Å². The van der Waals surface area contributed by atoms with Gasteiger partial charge in [0.25, 0.3) is 0 Å². The zero-order valence-corrected chi connectivity index (χ0v) is 11.5. The van der Waals surface area contributed by atoms with Crippen molar-refractivity contribution in [1.82, 2.24) is 9.97 Å². The van der Waals surface area contributed by atoms with Crippen molar-refractivity contribution in [3.63, 3.8) is 0 Å². The smallest absolute Gasteiger partial charge is 0.140 e. The first-order chi connectivity index (χ1) is 9.79. The molecule has 1 saturated carbocycles. The Morgan fingerprint density at radius 3 is 2.85 bits per heavy atom. The van der Waals surface area contributed by atoms with E-state index in [2.05, 4.69) is 14.9 Å². The normalized spacial score (nSPS) is 15.2. The van der Waals surface area contributed by atoms with Crippen molar-refractivity contribution in [3.05, 3.63) is 24.5 Å². The average Bonchev–Trinajstić information content (AvgIpc) is 2.40. The van der Waals surface area contributed by atoms with Crippen LogP contribution in [0.5, 0.6) is 0 Å². The van der Waals surface area contributed by atoms with Crippen LogP contribution in [0.3, 0.4) is 0 Å². The highest BCUT2D eigenvalue weighted by Crippen LogP contribution is 2.32. The second-order valence-corrected chi connectivity index (χ2v) is 5.33. The molecule has 1 heterocycles. The van der Waals surface area contributed by atoms with Gasteiger partial charge in [-0.2, -0.15) is 0 Å². The molecule has 0 aliphatic heterocycles. The largest absolute Gasteiger partial charge is 0.399 e. The second kappa shape index (κ2) is 5.63. The summed E-state index contributed by atoms with van der Waals surface area (Å²) in [5.74, 6) is 0.966. The van der Waals surface area contributed by atoms with E-state index in [1.54, 1.807) is 6.33 Å². The molecular formula is C15H20N4O. The van der Waals surface area contributed by atoms with E-state index in [4.69, 9.17) is 10.8 Å². The predicted molar refractivity (Wildman–Crippen MR) is 80.6 cm³/mol. The summed E-state index contributed by atoms with van der Waals surface area (Å²) in [5, 5.41) is 10.1. The van der Waals surface area contributed by atoms with Crippen LogP contribution in [0.1, 0.15) is 25.7 Å². The summed E-state index contributed by atoms with van der Waals surface area (Å²) in [5.41, 5.74) is 7.41. The van der Waals surface area contributed by atoms with Crippen LogP contribution in [-0.4, -0.2) is 34.3 Å². The topological polar surface area (TPSA) is 75.3 Å². The van der Waals surface area contributed by atoms with Gasteiger partial charge in [-0.1, -0.05) is 0 Å². The van der Waals surface area contributed by atoms with Gasteiger partial charge in [-0.15, -0.1) is 0 Å². The molecule has 0 atom stereocenters. The summed E-state index contributed by atoms with van der Waals surface area (Å²) in [6.07, 6.45) is 6.03. The van der Waals surface area contributed by atoms with Gasteiger partial charge in [-0.05, 0) is 43.9 Å². The summed E-state index contributed by atoms with van der Waals surface area (Å²) >= 11 is 0. The number of hydrogen-bond acceptors (Lipinski definition) is 5. The lowest BCUT2D eigenvalue weighted by Gasteiger charge is -2.38. The Morgan fingerprint density at radius 1 is 1.30 bits per heavy atom. The number of aromatic nitrogens is 2. The van der Waals surface area contributed by atoms with Crippen molar-refractivity contribution in [1.29, 1.82) is 0 Å². The number of hydrogen-bond donors (Lipinski definition) is 2. The summed E-state index contributed by atoms with van der Waals surface area (Å²) < 4.78 is 0. The Bertz CT molecular complexity index is 597. The molecule has 1 aromatic carbocycles. The fourth-order valence-corrected chi connectivity index (χ4v) is 2.69. The molecule has 106 valence electrons. The molecule has 0 bridgehead atoms. The first kappa shape index (κ1) is 13.1. The van der Waals surface area contributed by atoms with Crippen LogP contribution >= 0.6 is 0 Å². The number of fused-ring (bicyclic) bond motifs is 1. The van der Waals surface area contributed by atoms with E-state index in [0.29, 0.717) is 11.7 Å². The number of aliphatic hydroxyl groups excluding tert-OH is 1. The fourth-order valence-electron chi connectivity index (χ4n) is 2.69. The van der Waals surface area contributed by atoms with Crippen molar-refractivity contribution < 1.29 is 5.11 Å². The van der Waals surface area contributed by atoms with E-state index in [0.717, 1.165) is 29.7 Å². The molecule has 3 N–H and O–H groups in total. The molecule has 2 aromatic rings. The molecule has 0 unspecified atom stereocenters. The van der Waals surface area contributed by atoms with E-state index in [1.165, 1.54) is 19.3 Å². The van der Waals surface area contributed by atoms with Crippen LogP contribution in [0.2, 0.25) is 0 Å². The van der Waals surface area contributed by atoms with Gasteiger partial charge in [0.2, 0.25) is 0 Å². The van der Waals surface area contributed by atoms with Crippen molar-refractivity contribution >= 4 is 22.4 Å². The second-order valence-electron chi connectivity index (χ2n) is 5.33. The third-order valence-electron chi connectivity index (χ3n) is 3.98. The van der Waals surface area contributed by atoms with Crippen LogP contribution in [0.25, 0.3) is 10.9 Å². The lowest BCUT2D eigenvalue weighted by molar-refractivity contribution is 0.282.